The monoisotopic (exact) mass is 910 g/mol. The Morgan fingerprint density at radius 1 is 0.406 bits per heavy atom. The SMILES string of the molecule is CCCCCCCCCCCCCC(=O)NC(CC(C)C)C(=O)NC(CCCCN)C(=O)NC(CCCCN)C(=O)NC(C)C(=O)NC(CC(C)C)C(=O)NC(CCCCN)C(=O)O. The van der Waals surface area contributed by atoms with Crippen LogP contribution >= 0.6 is 0 Å². The molecule has 0 aliphatic heterocycles. The fraction of sp³-hybridized carbons (Fsp3) is 0.851. The van der Waals surface area contributed by atoms with Gasteiger partial charge in [0.25, 0.3) is 0 Å². The summed E-state index contributed by atoms with van der Waals surface area (Å²) in [5.41, 5.74) is 17.0. The second-order valence-corrected chi connectivity index (χ2v) is 18.3. The fourth-order valence-corrected chi connectivity index (χ4v) is 7.39. The van der Waals surface area contributed by atoms with Gasteiger partial charge >= 0.3 is 5.97 Å². The number of carboxylic acid groups (broad SMARTS) is 1. The van der Waals surface area contributed by atoms with Crippen LogP contribution in [0.15, 0.2) is 0 Å². The predicted molar refractivity (Wildman–Crippen MR) is 254 cm³/mol. The van der Waals surface area contributed by atoms with Gasteiger partial charge < -0.3 is 54.2 Å². The Kier molecular flexibility index (Phi) is 35.2. The van der Waals surface area contributed by atoms with E-state index < -0.39 is 71.8 Å². The van der Waals surface area contributed by atoms with E-state index in [-0.39, 0.29) is 43.4 Å². The highest BCUT2D eigenvalue weighted by atomic mass is 16.4. The molecule has 17 nitrogen and oxygen atoms in total. The van der Waals surface area contributed by atoms with Crippen LogP contribution in [0.25, 0.3) is 0 Å². The molecule has 0 saturated heterocycles. The maximum Gasteiger partial charge on any atom is 0.326 e. The first-order valence-electron chi connectivity index (χ1n) is 24.6. The normalized spacial score (nSPS) is 14.2. The molecule has 6 atom stereocenters. The van der Waals surface area contributed by atoms with E-state index in [0.29, 0.717) is 71.0 Å². The first kappa shape index (κ1) is 60.2. The zero-order chi connectivity index (χ0) is 48.3. The van der Waals surface area contributed by atoms with Gasteiger partial charge in [-0.2, -0.15) is 0 Å². The van der Waals surface area contributed by atoms with Crippen LogP contribution in [0, 0.1) is 11.8 Å². The van der Waals surface area contributed by atoms with E-state index in [4.69, 9.17) is 17.2 Å². The first-order chi connectivity index (χ1) is 30.5. The number of aliphatic carboxylic acids is 1. The van der Waals surface area contributed by atoms with E-state index in [1.807, 2.05) is 27.7 Å². The van der Waals surface area contributed by atoms with Gasteiger partial charge in [0, 0.05) is 6.42 Å². The Bertz CT molecular complexity index is 1330. The maximum atomic E-state index is 14.0. The summed E-state index contributed by atoms with van der Waals surface area (Å²) >= 11 is 0. The van der Waals surface area contributed by atoms with Crippen molar-refractivity contribution in [1.82, 2.24) is 31.9 Å². The molecule has 0 radical (unpaired) electrons. The summed E-state index contributed by atoms with van der Waals surface area (Å²) < 4.78 is 0. The number of amides is 6. The van der Waals surface area contributed by atoms with Crippen molar-refractivity contribution in [3.63, 3.8) is 0 Å². The van der Waals surface area contributed by atoms with Gasteiger partial charge in [-0.3, -0.25) is 28.8 Å². The number of hydrogen-bond donors (Lipinski definition) is 10. The van der Waals surface area contributed by atoms with Crippen molar-refractivity contribution < 1.29 is 38.7 Å². The highest BCUT2D eigenvalue weighted by molar-refractivity contribution is 5.96. The molecule has 0 aliphatic rings. The number of unbranched alkanes of at least 4 members (excludes halogenated alkanes) is 13. The molecule has 0 aromatic rings. The molecule has 0 fully saturated rings. The largest absolute Gasteiger partial charge is 0.480 e. The summed E-state index contributed by atoms with van der Waals surface area (Å²) in [4.78, 5) is 93.1. The van der Waals surface area contributed by atoms with Crippen LogP contribution in [0.5, 0.6) is 0 Å². The molecule has 6 amide bonds. The lowest BCUT2D eigenvalue weighted by Crippen LogP contribution is -2.59. The smallest absolute Gasteiger partial charge is 0.326 e. The second-order valence-electron chi connectivity index (χ2n) is 18.3. The molecule has 0 spiro atoms. The van der Waals surface area contributed by atoms with Crippen molar-refractivity contribution in [2.45, 2.75) is 225 Å². The number of carbonyl (C=O) groups is 7. The molecule has 0 aliphatic carbocycles. The summed E-state index contributed by atoms with van der Waals surface area (Å²) in [5, 5.41) is 26.1. The van der Waals surface area contributed by atoms with Crippen LogP contribution in [-0.4, -0.2) is 102 Å². The molecule has 17 heteroatoms. The molecule has 0 aromatic carbocycles. The minimum atomic E-state index is -1.20. The Balaban J connectivity index is 5.79. The predicted octanol–water partition coefficient (Wildman–Crippen LogP) is 4.18. The summed E-state index contributed by atoms with van der Waals surface area (Å²) in [6.07, 6.45) is 17.5. The third-order valence-corrected chi connectivity index (χ3v) is 11.2. The van der Waals surface area contributed by atoms with Gasteiger partial charge in [-0.05, 0) is 115 Å². The minimum absolute atomic E-state index is 0.0435. The molecular weight excluding hydrogens is 819 g/mol. The average Bonchev–Trinajstić information content (AvgIpc) is 3.23. The molecule has 64 heavy (non-hydrogen) atoms. The number of rotatable bonds is 40. The van der Waals surface area contributed by atoms with E-state index >= 15 is 0 Å². The topological polar surface area (TPSA) is 290 Å². The van der Waals surface area contributed by atoms with Gasteiger partial charge in [0.05, 0.1) is 0 Å². The van der Waals surface area contributed by atoms with E-state index in [0.717, 1.165) is 25.7 Å². The third kappa shape index (κ3) is 29.6. The highest BCUT2D eigenvalue weighted by Crippen LogP contribution is 2.14. The Morgan fingerprint density at radius 3 is 1.16 bits per heavy atom. The summed E-state index contributed by atoms with van der Waals surface area (Å²) in [6, 6.07) is -6.37. The number of carbonyl (C=O) groups excluding carboxylic acids is 6. The highest BCUT2D eigenvalue weighted by Gasteiger charge is 2.32. The number of carboxylic acids is 1. The molecule has 0 heterocycles. The van der Waals surface area contributed by atoms with Crippen LogP contribution in [0.3, 0.4) is 0 Å². The van der Waals surface area contributed by atoms with Crippen molar-refractivity contribution in [3.05, 3.63) is 0 Å². The van der Waals surface area contributed by atoms with Crippen molar-refractivity contribution in [1.29, 1.82) is 0 Å². The summed E-state index contributed by atoms with van der Waals surface area (Å²) in [5.74, 6) is -4.46. The van der Waals surface area contributed by atoms with Crippen LogP contribution in [0.2, 0.25) is 0 Å². The Hall–Kier alpha value is -3.83. The van der Waals surface area contributed by atoms with Gasteiger partial charge in [0.15, 0.2) is 0 Å². The van der Waals surface area contributed by atoms with E-state index in [1.165, 1.54) is 51.9 Å². The van der Waals surface area contributed by atoms with Gasteiger partial charge in [0.1, 0.15) is 36.3 Å². The summed E-state index contributed by atoms with van der Waals surface area (Å²) in [6.45, 7) is 12.4. The van der Waals surface area contributed by atoms with E-state index in [2.05, 4.69) is 38.8 Å². The number of nitrogens with two attached hydrogens (primary N) is 3. The Morgan fingerprint density at radius 2 is 0.750 bits per heavy atom. The van der Waals surface area contributed by atoms with E-state index in [9.17, 15) is 38.7 Å². The molecule has 13 N–H and O–H groups in total. The number of nitrogens with one attached hydrogen (secondary N) is 6. The zero-order valence-electron chi connectivity index (χ0n) is 40.5. The van der Waals surface area contributed by atoms with E-state index in [1.54, 1.807) is 0 Å². The quantitative estimate of drug-likeness (QED) is 0.0389. The van der Waals surface area contributed by atoms with Crippen molar-refractivity contribution >= 4 is 41.4 Å². The van der Waals surface area contributed by atoms with Crippen LogP contribution in [-0.2, 0) is 33.6 Å². The van der Waals surface area contributed by atoms with Crippen molar-refractivity contribution in [2.75, 3.05) is 19.6 Å². The van der Waals surface area contributed by atoms with Crippen molar-refractivity contribution in [2.24, 2.45) is 29.0 Å². The molecule has 0 saturated carbocycles. The van der Waals surface area contributed by atoms with Gasteiger partial charge in [-0.25, -0.2) is 4.79 Å². The lowest BCUT2D eigenvalue weighted by Gasteiger charge is -2.27. The standard InChI is InChI=1S/C47H91N9O8/c1-7-8-9-10-11-12-13-14-15-16-17-27-41(57)52-39(31-33(2)3)45(61)54-37(25-19-22-29-49)44(60)53-36(24-18-21-28-48)43(59)51-35(6)42(58)56-40(32-34(4)5)46(62)55-38(47(63)64)26-20-23-30-50/h33-40H,7-32,48-50H2,1-6H3,(H,51,59)(H,52,57)(H,53,60)(H,54,61)(H,55,62)(H,56,58)(H,63,64). The lowest BCUT2D eigenvalue weighted by atomic mass is 10.0. The first-order valence-corrected chi connectivity index (χ1v) is 24.6. The summed E-state index contributed by atoms with van der Waals surface area (Å²) in [7, 11) is 0. The maximum absolute atomic E-state index is 14.0. The molecule has 372 valence electrons. The molecule has 0 aromatic heterocycles. The second kappa shape index (κ2) is 37.4. The van der Waals surface area contributed by atoms with Crippen LogP contribution in [0.1, 0.15) is 189 Å². The molecule has 0 bridgehead atoms. The van der Waals surface area contributed by atoms with Gasteiger partial charge in [0.2, 0.25) is 35.4 Å². The van der Waals surface area contributed by atoms with Gasteiger partial charge in [-0.15, -0.1) is 0 Å². The molecule has 0 rings (SSSR count). The third-order valence-electron chi connectivity index (χ3n) is 11.2. The molecule has 6 unspecified atom stereocenters. The average molecular weight is 910 g/mol. The van der Waals surface area contributed by atoms with Gasteiger partial charge in [-0.1, -0.05) is 98.8 Å². The fourth-order valence-electron chi connectivity index (χ4n) is 7.39. The van der Waals surface area contributed by atoms with Crippen molar-refractivity contribution in [3.8, 4) is 0 Å². The minimum Gasteiger partial charge on any atom is -0.480 e. The molecular formula is C47H91N9O8. The Labute approximate surface area is 385 Å². The zero-order valence-corrected chi connectivity index (χ0v) is 40.5. The van der Waals surface area contributed by atoms with Crippen LogP contribution < -0.4 is 49.1 Å². The van der Waals surface area contributed by atoms with Crippen LogP contribution in [0.4, 0.5) is 0 Å². The number of hydrogen-bond acceptors (Lipinski definition) is 10. The lowest BCUT2D eigenvalue weighted by molar-refractivity contribution is -0.142.